The summed E-state index contributed by atoms with van der Waals surface area (Å²) in [5.41, 5.74) is 0.623. The van der Waals surface area contributed by atoms with Crippen LogP contribution in [0.25, 0.3) is 0 Å². The van der Waals surface area contributed by atoms with Crippen molar-refractivity contribution in [2.45, 2.75) is 25.1 Å². The molecule has 0 radical (unpaired) electrons. The van der Waals surface area contributed by atoms with Crippen LogP contribution in [0.5, 0.6) is 0 Å². The molecule has 0 aliphatic carbocycles. The lowest BCUT2D eigenvalue weighted by molar-refractivity contribution is -0.137. The van der Waals surface area contributed by atoms with E-state index in [4.69, 9.17) is 0 Å². The number of rotatable bonds is 3. The summed E-state index contributed by atoms with van der Waals surface area (Å²) in [6.45, 7) is -0.631. The molecule has 3 heterocycles. The van der Waals surface area contributed by atoms with Crippen molar-refractivity contribution in [2.24, 2.45) is 0 Å². The molecule has 1 amide bonds. The minimum atomic E-state index is -4.77. The van der Waals surface area contributed by atoms with E-state index in [0.717, 1.165) is 10.5 Å². The molecule has 1 N–H and O–H groups in total. The molecular weight excluding hydrogens is 397 g/mol. The summed E-state index contributed by atoms with van der Waals surface area (Å²) in [6, 6.07) is 4.88. The van der Waals surface area contributed by atoms with Gasteiger partial charge in [-0.05, 0) is 23.8 Å². The topological polar surface area (TPSA) is 61.4 Å². The third-order valence-corrected chi connectivity index (χ3v) is 4.90. The Morgan fingerprint density at radius 3 is 2.52 bits per heavy atom. The first kappa shape index (κ1) is 19.3. The van der Waals surface area contributed by atoms with Crippen molar-refractivity contribution in [1.82, 2.24) is 14.9 Å². The second-order valence-corrected chi connectivity index (χ2v) is 7.02. The van der Waals surface area contributed by atoms with Gasteiger partial charge in [0.15, 0.2) is 12.3 Å². The summed E-state index contributed by atoms with van der Waals surface area (Å²) in [7, 11) is 1.66. The van der Waals surface area contributed by atoms with Gasteiger partial charge < -0.3 is 15.1 Å². The lowest BCUT2D eigenvalue weighted by Crippen LogP contribution is -2.26. The summed E-state index contributed by atoms with van der Waals surface area (Å²) in [4.78, 5) is 22.0. The smallest absolute Gasteiger partial charge is 0.350 e. The molecule has 1 aromatic heterocycles. The van der Waals surface area contributed by atoms with E-state index < -0.39 is 43.0 Å². The fourth-order valence-electron chi connectivity index (χ4n) is 3.44. The Morgan fingerprint density at radius 1 is 1.17 bits per heavy atom. The van der Waals surface area contributed by atoms with E-state index in [1.807, 2.05) is 0 Å². The van der Waals surface area contributed by atoms with Crippen LogP contribution >= 0.6 is 0 Å². The van der Waals surface area contributed by atoms with Gasteiger partial charge in [0.1, 0.15) is 11.4 Å². The zero-order valence-corrected chi connectivity index (χ0v) is 15.2. The van der Waals surface area contributed by atoms with Crippen LogP contribution in [0, 0.1) is 0 Å². The van der Waals surface area contributed by atoms with Gasteiger partial charge in [0, 0.05) is 31.0 Å². The molecule has 6 nitrogen and oxygen atoms in total. The Kier molecular flexibility index (Phi) is 4.55. The van der Waals surface area contributed by atoms with Crippen molar-refractivity contribution < 1.29 is 26.7 Å². The molecule has 0 unspecified atom stereocenters. The van der Waals surface area contributed by atoms with Gasteiger partial charge in [-0.25, -0.2) is 13.8 Å². The number of hydrogen-bond acceptors (Lipinski definition) is 5. The average molecular weight is 413 g/mol. The lowest BCUT2D eigenvalue weighted by atomic mass is 10.1. The van der Waals surface area contributed by atoms with Gasteiger partial charge >= 0.3 is 6.18 Å². The van der Waals surface area contributed by atoms with E-state index in [2.05, 4.69) is 15.3 Å². The Hall–Kier alpha value is -2.98. The highest BCUT2D eigenvalue weighted by Gasteiger charge is 2.41. The minimum Gasteiger partial charge on any atom is -0.350 e. The van der Waals surface area contributed by atoms with Gasteiger partial charge in [0.05, 0.1) is 13.1 Å². The SMILES string of the molecule is CN1Cc2cc(Nc3ncc(C(F)(F)F)c(N4C[C@H](F)[C@@H](F)C4)n3)ccc2C1=O. The first-order valence-electron chi connectivity index (χ1n) is 8.76. The average Bonchev–Trinajstić information content (AvgIpc) is 3.13. The fraction of sp³-hybridized carbons (Fsp3) is 0.389. The molecule has 154 valence electrons. The van der Waals surface area contributed by atoms with Crippen molar-refractivity contribution in [2.75, 3.05) is 30.4 Å². The molecule has 2 aliphatic rings. The number of aromatic nitrogens is 2. The number of alkyl halides is 5. The first-order chi connectivity index (χ1) is 13.6. The predicted molar refractivity (Wildman–Crippen MR) is 94.6 cm³/mol. The lowest BCUT2D eigenvalue weighted by Gasteiger charge is -2.21. The van der Waals surface area contributed by atoms with Crippen LogP contribution in [0.15, 0.2) is 24.4 Å². The second kappa shape index (κ2) is 6.82. The number of anilines is 3. The highest BCUT2D eigenvalue weighted by molar-refractivity contribution is 5.98. The molecule has 1 aromatic carbocycles. The predicted octanol–water partition coefficient (Wildman–Crippen LogP) is 3.32. The van der Waals surface area contributed by atoms with Crippen LogP contribution in [0.3, 0.4) is 0 Å². The third-order valence-electron chi connectivity index (χ3n) is 4.90. The maximum Gasteiger partial charge on any atom is 0.421 e. The van der Waals surface area contributed by atoms with Gasteiger partial charge in [0.2, 0.25) is 5.95 Å². The van der Waals surface area contributed by atoms with Crippen LogP contribution in [0.1, 0.15) is 21.5 Å². The number of hydrogen-bond donors (Lipinski definition) is 1. The Balaban J connectivity index is 1.65. The van der Waals surface area contributed by atoms with Gasteiger partial charge in [-0.3, -0.25) is 4.79 Å². The molecule has 1 fully saturated rings. The van der Waals surface area contributed by atoms with Crippen LogP contribution in [-0.2, 0) is 12.7 Å². The largest absolute Gasteiger partial charge is 0.421 e. The van der Waals surface area contributed by atoms with Crippen molar-refractivity contribution in [3.8, 4) is 0 Å². The molecule has 29 heavy (non-hydrogen) atoms. The summed E-state index contributed by atoms with van der Waals surface area (Å²) in [5, 5.41) is 2.79. The molecule has 2 atom stereocenters. The first-order valence-corrected chi connectivity index (χ1v) is 8.76. The van der Waals surface area contributed by atoms with E-state index in [9.17, 15) is 26.7 Å². The van der Waals surface area contributed by atoms with E-state index in [1.54, 1.807) is 25.2 Å². The number of carbonyl (C=O) groups excluding carboxylic acids is 1. The quantitative estimate of drug-likeness (QED) is 0.783. The number of halogens is 5. The Labute approximate surface area is 162 Å². The normalized spacial score (nSPS) is 21.7. The highest BCUT2D eigenvalue weighted by atomic mass is 19.4. The van der Waals surface area contributed by atoms with Crippen molar-refractivity contribution in [3.05, 3.63) is 41.1 Å². The Bertz CT molecular complexity index is 956. The fourth-order valence-corrected chi connectivity index (χ4v) is 3.44. The van der Waals surface area contributed by atoms with Gasteiger partial charge in [-0.1, -0.05) is 0 Å². The van der Waals surface area contributed by atoms with Crippen LogP contribution in [0.2, 0.25) is 0 Å². The molecule has 0 saturated carbocycles. The highest BCUT2D eigenvalue weighted by Crippen LogP contribution is 2.37. The number of amides is 1. The molecule has 0 bridgehead atoms. The van der Waals surface area contributed by atoms with E-state index in [-0.39, 0.29) is 11.9 Å². The number of nitrogens with zero attached hydrogens (tertiary/aromatic N) is 4. The number of carbonyl (C=O) groups is 1. The molecule has 2 aromatic rings. The zero-order valence-electron chi connectivity index (χ0n) is 15.2. The standard InChI is InChI=1S/C18H16F5N5O/c1-27-6-9-4-10(2-3-11(9)16(27)29)25-17-24-5-12(18(21,22)23)15(26-17)28-7-13(19)14(20)8-28/h2-5,13-14H,6-8H2,1H3,(H,24,25,26)/t13-,14-/m0/s1. The van der Waals surface area contributed by atoms with Crippen LogP contribution in [0.4, 0.5) is 39.4 Å². The van der Waals surface area contributed by atoms with Crippen LogP contribution < -0.4 is 10.2 Å². The van der Waals surface area contributed by atoms with Gasteiger partial charge in [-0.2, -0.15) is 18.2 Å². The van der Waals surface area contributed by atoms with Crippen molar-refractivity contribution >= 4 is 23.4 Å². The van der Waals surface area contributed by atoms with E-state index in [1.165, 1.54) is 4.90 Å². The summed E-state index contributed by atoms with van der Waals surface area (Å²) in [5.74, 6) is -0.840. The third kappa shape index (κ3) is 3.56. The van der Waals surface area contributed by atoms with E-state index >= 15 is 0 Å². The molecular formula is C18H16F5N5O. The maximum absolute atomic E-state index is 13.5. The van der Waals surface area contributed by atoms with E-state index in [0.29, 0.717) is 24.0 Å². The van der Waals surface area contributed by atoms with Crippen molar-refractivity contribution in [3.63, 3.8) is 0 Å². The molecule has 0 spiro atoms. The Morgan fingerprint density at radius 2 is 1.86 bits per heavy atom. The zero-order chi connectivity index (χ0) is 20.9. The number of benzene rings is 1. The maximum atomic E-state index is 13.5. The molecule has 1 saturated heterocycles. The van der Waals surface area contributed by atoms with Crippen molar-refractivity contribution in [1.29, 1.82) is 0 Å². The minimum absolute atomic E-state index is 0.116. The van der Waals surface area contributed by atoms with Gasteiger partial charge in [0.25, 0.3) is 5.91 Å². The second-order valence-electron chi connectivity index (χ2n) is 7.02. The summed E-state index contributed by atoms with van der Waals surface area (Å²) < 4.78 is 67.0. The molecule has 4 rings (SSSR count). The summed E-state index contributed by atoms with van der Waals surface area (Å²) >= 11 is 0. The van der Waals surface area contributed by atoms with Gasteiger partial charge in [-0.15, -0.1) is 0 Å². The monoisotopic (exact) mass is 413 g/mol. The summed E-state index contributed by atoms with van der Waals surface area (Å²) in [6.07, 6.45) is -7.94. The van der Waals surface area contributed by atoms with Crippen LogP contribution in [-0.4, -0.2) is 53.3 Å². The number of fused-ring (bicyclic) bond motifs is 1. The number of nitrogens with one attached hydrogen (secondary N) is 1. The molecule has 2 aliphatic heterocycles. The molecule has 11 heteroatoms.